The Kier molecular flexibility index (Phi) is 3.46. The van der Waals surface area contributed by atoms with Crippen molar-refractivity contribution in [2.24, 2.45) is 0 Å². The van der Waals surface area contributed by atoms with Crippen LogP contribution in [0.5, 0.6) is 11.5 Å². The zero-order chi connectivity index (χ0) is 17.4. The van der Waals surface area contributed by atoms with Crippen LogP contribution in [-0.4, -0.2) is 18.1 Å². The van der Waals surface area contributed by atoms with Crippen molar-refractivity contribution in [3.63, 3.8) is 0 Å². The molecule has 1 atom stereocenters. The molecule has 124 valence electrons. The molecule has 4 nitrogen and oxygen atoms in total. The third kappa shape index (κ3) is 2.18. The molecule has 0 fully saturated rings. The fourth-order valence-corrected chi connectivity index (χ4v) is 3.55. The second kappa shape index (κ2) is 5.67. The zero-order valence-electron chi connectivity index (χ0n) is 13.7. The van der Waals surface area contributed by atoms with Gasteiger partial charge < -0.3 is 15.2 Å². The molecular weight excluding hydrogens is 314 g/mol. The number of carbonyl (C=O) groups is 1. The van der Waals surface area contributed by atoms with E-state index in [9.17, 15) is 9.90 Å². The molecule has 1 aliphatic rings. The number of ether oxygens (including phenoxy) is 1. The lowest BCUT2D eigenvalue weighted by Gasteiger charge is -2.29. The van der Waals surface area contributed by atoms with E-state index in [-0.39, 0.29) is 11.7 Å². The molecule has 0 radical (unpaired) electrons. The van der Waals surface area contributed by atoms with Crippen molar-refractivity contribution in [2.75, 3.05) is 12.4 Å². The number of anilines is 1. The third-order valence-electron chi connectivity index (χ3n) is 4.74. The standard InChI is InChI=1S/C21H17NO3/c1-25-17-12-8-15(9-13-17)21(14-6-10-16(23)11-7-14)18-4-2-3-5-19(18)22-20(21)24/h2-13,23H,1H3,(H,22,24). The zero-order valence-corrected chi connectivity index (χ0v) is 13.7. The van der Waals surface area contributed by atoms with Crippen LogP contribution in [-0.2, 0) is 10.2 Å². The third-order valence-corrected chi connectivity index (χ3v) is 4.74. The summed E-state index contributed by atoms with van der Waals surface area (Å²) in [7, 11) is 1.61. The Morgan fingerprint density at radius 3 is 2.12 bits per heavy atom. The van der Waals surface area contributed by atoms with Gasteiger partial charge in [-0.05, 0) is 41.5 Å². The highest BCUT2D eigenvalue weighted by molar-refractivity contribution is 6.11. The van der Waals surface area contributed by atoms with E-state index in [1.807, 2.05) is 48.5 Å². The molecule has 0 bridgehead atoms. The van der Waals surface area contributed by atoms with E-state index >= 15 is 0 Å². The minimum absolute atomic E-state index is 0.107. The summed E-state index contributed by atoms with van der Waals surface area (Å²) in [6.45, 7) is 0. The van der Waals surface area contributed by atoms with E-state index in [4.69, 9.17) is 4.74 Å². The number of carbonyl (C=O) groups excluding carboxylic acids is 1. The van der Waals surface area contributed by atoms with Crippen molar-refractivity contribution in [1.29, 1.82) is 0 Å². The number of hydrogen-bond acceptors (Lipinski definition) is 3. The Morgan fingerprint density at radius 1 is 0.880 bits per heavy atom. The summed E-state index contributed by atoms with van der Waals surface area (Å²) in [5.41, 5.74) is 2.39. The van der Waals surface area contributed by atoms with Crippen LogP contribution in [0.1, 0.15) is 16.7 Å². The Morgan fingerprint density at radius 2 is 1.48 bits per heavy atom. The number of phenols is 1. The van der Waals surface area contributed by atoms with Crippen LogP contribution in [0.4, 0.5) is 5.69 Å². The van der Waals surface area contributed by atoms with E-state index in [0.717, 1.165) is 28.1 Å². The fourth-order valence-electron chi connectivity index (χ4n) is 3.55. The van der Waals surface area contributed by atoms with E-state index in [1.165, 1.54) is 0 Å². The predicted octanol–water partition coefficient (Wildman–Crippen LogP) is 3.69. The smallest absolute Gasteiger partial charge is 0.244 e. The number of para-hydroxylation sites is 1. The molecule has 25 heavy (non-hydrogen) atoms. The Bertz CT molecular complexity index is 932. The number of methoxy groups -OCH3 is 1. The molecule has 1 aliphatic heterocycles. The SMILES string of the molecule is COc1ccc(C2(c3ccc(O)cc3)C(=O)Nc3ccccc32)cc1. The number of aromatic hydroxyl groups is 1. The van der Waals surface area contributed by atoms with Gasteiger partial charge in [0, 0.05) is 11.3 Å². The lowest BCUT2D eigenvalue weighted by atomic mass is 9.70. The van der Waals surface area contributed by atoms with Gasteiger partial charge in [-0.25, -0.2) is 0 Å². The second-order valence-electron chi connectivity index (χ2n) is 6.03. The van der Waals surface area contributed by atoms with E-state index in [1.54, 1.807) is 31.4 Å². The molecule has 1 amide bonds. The summed E-state index contributed by atoms with van der Waals surface area (Å²) < 4.78 is 5.25. The first-order valence-corrected chi connectivity index (χ1v) is 8.01. The van der Waals surface area contributed by atoms with Crippen molar-refractivity contribution >= 4 is 11.6 Å². The number of hydrogen-bond donors (Lipinski definition) is 2. The normalized spacial score (nSPS) is 18.5. The maximum atomic E-state index is 13.2. The highest BCUT2D eigenvalue weighted by Crippen LogP contribution is 2.47. The fraction of sp³-hybridized carbons (Fsp3) is 0.0952. The van der Waals surface area contributed by atoms with Gasteiger partial charge in [0.25, 0.3) is 0 Å². The van der Waals surface area contributed by atoms with Crippen molar-refractivity contribution < 1.29 is 14.6 Å². The van der Waals surface area contributed by atoms with Crippen molar-refractivity contribution in [3.8, 4) is 11.5 Å². The van der Waals surface area contributed by atoms with Gasteiger partial charge in [0.1, 0.15) is 16.9 Å². The highest BCUT2D eigenvalue weighted by Gasteiger charge is 2.49. The first-order chi connectivity index (χ1) is 12.2. The predicted molar refractivity (Wildman–Crippen MR) is 96.1 cm³/mol. The van der Waals surface area contributed by atoms with Crippen LogP contribution in [0.25, 0.3) is 0 Å². The van der Waals surface area contributed by atoms with Gasteiger partial charge in [0.15, 0.2) is 0 Å². The number of nitrogens with one attached hydrogen (secondary N) is 1. The number of fused-ring (bicyclic) bond motifs is 1. The van der Waals surface area contributed by atoms with Crippen molar-refractivity contribution in [2.45, 2.75) is 5.41 Å². The first kappa shape index (κ1) is 15.3. The summed E-state index contributed by atoms with van der Waals surface area (Å²) in [6, 6.07) is 22.0. The topological polar surface area (TPSA) is 58.6 Å². The molecule has 4 heteroatoms. The average molecular weight is 331 g/mol. The van der Waals surface area contributed by atoms with Crippen LogP contribution in [0.15, 0.2) is 72.8 Å². The van der Waals surface area contributed by atoms with Gasteiger partial charge in [-0.3, -0.25) is 4.79 Å². The van der Waals surface area contributed by atoms with Crippen LogP contribution in [0.2, 0.25) is 0 Å². The minimum atomic E-state index is -0.962. The summed E-state index contributed by atoms with van der Waals surface area (Å²) in [6.07, 6.45) is 0. The summed E-state index contributed by atoms with van der Waals surface area (Å²) in [5, 5.41) is 12.7. The molecule has 4 rings (SSSR count). The molecule has 0 spiro atoms. The van der Waals surface area contributed by atoms with E-state index < -0.39 is 5.41 Å². The molecule has 1 heterocycles. The molecular formula is C21H17NO3. The van der Waals surface area contributed by atoms with Crippen molar-refractivity contribution in [3.05, 3.63) is 89.5 Å². The quantitative estimate of drug-likeness (QED) is 0.769. The maximum absolute atomic E-state index is 13.2. The first-order valence-electron chi connectivity index (χ1n) is 8.01. The van der Waals surface area contributed by atoms with Gasteiger partial charge in [0.2, 0.25) is 5.91 Å². The van der Waals surface area contributed by atoms with Crippen LogP contribution in [0, 0.1) is 0 Å². The molecule has 1 unspecified atom stereocenters. The Labute approximate surface area is 145 Å². The lowest BCUT2D eigenvalue weighted by molar-refractivity contribution is -0.118. The second-order valence-corrected chi connectivity index (χ2v) is 6.03. The number of phenolic OH excluding ortho intramolecular Hbond substituents is 1. The van der Waals surface area contributed by atoms with Crippen molar-refractivity contribution in [1.82, 2.24) is 0 Å². The summed E-state index contributed by atoms with van der Waals surface area (Å²) in [4.78, 5) is 13.2. The van der Waals surface area contributed by atoms with Gasteiger partial charge in [-0.2, -0.15) is 0 Å². The Hall–Kier alpha value is -3.27. The van der Waals surface area contributed by atoms with E-state index in [0.29, 0.717) is 0 Å². The molecule has 0 saturated carbocycles. The van der Waals surface area contributed by atoms with Crippen LogP contribution in [0.3, 0.4) is 0 Å². The molecule has 0 aromatic heterocycles. The average Bonchev–Trinajstić information content (AvgIpc) is 2.95. The summed E-state index contributed by atoms with van der Waals surface area (Å²) in [5.74, 6) is 0.793. The van der Waals surface area contributed by atoms with Gasteiger partial charge in [-0.15, -0.1) is 0 Å². The molecule has 3 aromatic rings. The minimum Gasteiger partial charge on any atom is -0.508 e. The van der Waals surface area contributed by atoms with Gasteiger partial charge in [0.05, 0.1) is 7.11 Å². The number of benzene rings is 3. The van der Waals surface area contributed by atoms with Gasteiger partial charge >= 0.3 is 0 Å². The van der Waals surface area contributed by atoms with Crippen LogP contribution < -0.4 is 10.1 Å². The van der Waals surface area contributed by atoms with E-state index in [2.05, 4.69) is 5.32 Å². The van der Waals surface area contributed by atoms with Crippen LogP contribution >= 0.6 is 0 Å². The lowest BCUT2D eigenvalue weighted by Crippen LogP contribution is -2.36. The Balaban J connectivity index is 2.02. The highest BCUT2D eigenvalue weighted by atomic mass is 16.5. The summed E-state index contributed by atoms with van der Waals surface area (Å²) >= 11 is 0. The maximum Gasteiger partial charge on any atom is 0.244 e. The van der Waals surface area contributed by atoms with Gasteiger partial charge in [-0.1, -0.05) is 42.5 Å². The molecule has 2 N–H and O–H groups in total. The monoisotopic (exact) mass is 331 g/mol. The largest absolute Gasteiger partial charge is 0.508 e. The number of rotatable bonds is 3. The molecule has 0 saturated heterocycles. The number of amides is 1. The molecule has 3 aromatic carbocycles. The molecule has 0 aliphatic carbocycles.